The molecule has 11 N–H and O–H groups in total. The lowest BCUT2D eigenvalue weighted by molar-refractivity contribution is -0.297. The second kappa shape index (κ2) is 12.2. The molecule has 35 heavy (non-hydrogen) atoms. The van der Waals surface area contributed by atoms with E-state index in [9.17, 15) is 20.1 Å². The van der Waals surface area contributed by atoms with Crippen LogP contribution in [0.2, 0.25) is 0 Å². The summed E-state index contributed by atoms with van der Waals surface area (Å²) in [4.78, 5) is 11.3. The Morgan fingerprint density at radius 1 is 1.29 bits per heavy atom. The van der Waals surface area contributed by atoms with Crippen LogP contribution in [0.25, 0.3) is 0 Å². The fraction of sp³-hybridized carbons (Fsp3) is 0.864. The number of ether oxygens (including phenoxy) is 3. The van der Waals surface area contributed by atoms with E-state index in [1.807, 2.05) is 6.08 Å². The molecule has 2 aliphatic heterocycles. The smallest absolute Gasteiger partial charge is 0.207 e. The van der Waals surface area contributed by atoms with Gasteiger partial charge in [-0.1, -0.05) is 0 Å². The minimum atomic E-state index is -1.33. The fourth-order valence-corrected chi connectivity index (χ4v) is 5.36. The van der Waals surface area contributed by atoms with Crippen LogP contribution in [0.15, 0.2) is 11.8 Å². The number of aliphatic hydroxyl groups excluding tert-OH is 3. The lowest BCUT2D eigenvalue weighted by Gasteiger charge is -2.50. The summed E-state index contributed by atoms with van der Waals surface area (Å²) in [7, 11) is 1.61. The second-order valence-electron chi connectivity index (χ2n) is 9.81. The summed E-state index contributed by atoms with van der Waals surface area (Å²) in [5.41, 5.74) is 11.5. The van der Waals surface area contributed by atoms with Gasteiger partial charge in [0.05, 0.1) is 37.9 Å². The normalized spacial score (nSPS) is 44.3. The lowest BCUT2D eigenvalue weighted by Crippen LogP contribution is -2.69. The predicted molar refractivity (Wildman–Crippen MR) is 125 cm³/mol. The molecule has 3 rings (SSSR count). The molecule has 11 atom stereocenters. The molecule has 0 aromatic heterocycles. The average molecular weight is 504 g/mol. The first kappa shape index (κ1) is 28.2. The number of aliphatic hydroxyl groups is 4. The molecule has 2 fully saturated rings. The topological polar surface area (TPSA) is 214 Å². The summed E-state index contributed by atoms with van der Waals surface area (Å²) in [5.74, 6) is 0.00506. The molecule has 13 heteroatoms. The van der Waals surface area contributed by atoms with Gasteiger partial charge in [0.15, 0.2) is 6.29 Å². The number of carbonyl (C=O) groups is 1. The zero-order chi connectivity index (χ0) is 25.8. The van der Waals surface area contributed by atoms with E-state index in [4.69, 9.17) is 30.8 Å². The highest BCUT2D eigenvalue weighted by molar-refractivity contribution is 5.47. The molecule has 13 nitrogen and oxygen atoms in total. The van der Waals surface area contributed by atoms with Crippen molar-refractivity contribution in [3.63, 3.8) is 0 Å². The van der Waals surface area contributed by atoms with E-state index in [2.05, 4.69) is 16.0 Å². The van der Waals surface area contributed by atoms with Gasteiger partial charge < -0.3 is 62.1 Å². The molecule has 1 amide bonds. The Balaban J connectivity index is 1.78. The highest BCUT2D eigenvalue weighted by atomic mass is 16.7. The van der Waals surface area contributed by atoms with E-state index in [1.54, 1.807) is 7.05 Å². The molecule has 0 spiro atoms. The number of likely N-dealkylation sites (N-methyl/N-ethyl adjacent to an activating group) is 1. The maximum absolute atomic E-state index is 11.4. The van der Waals surface area contributed by atoms with Crippen LogP contribution in [-0.4, -0.2) is 121 Å². The fourth-order valence-electron chi connectivity index (χ4n) is 5.36. The van der Waals surface area contributed by atoms with Crippen molar-refractivity contribution in [1.82, 2.24) is 16.0 Å². The van der Waals surface area contributed by atoms with Crippen molar-refractivity contribution >= 4 is 6.41 Å². The van der Waals surface area contributed by atoms with Crippen molar-refractivity contribution in [2.24, 2.45) is 17.4 Å². The van der Waals surface area contributed by atoms with Crippen molar-refractivity contribution in [1.29, 1.82) is 0 Å². The molecule has 0 radical (unpaired) electrons. The van der Waals surface area contributed by atoms with E-state index in [0.717, 1.165) is 0 Å². The first-order chi connectivity index (χ1) is 16.6. The summed E-state index contributed by atoms with van der Waals surface area (Å²) in [5, 5.41) is 50.3. The Hall–Kier alpha value is -1.39. The van der Waals surface area contributed by atoms with Crippen LogP contribution in [0, 0.1) is 5.92 Å². The van der Waals surface area contributed by atoms with Crippen molar-refractivity contribution in [3.8, 4) is 0 Å². The summed E-state index contributed by atoms with van der Waals surface area (Å²) < 4.78 is 17.8. The zero-order valence-corrected chi connectivity index (χ0v) is 20.2. The van der Waals surface area contributed by atoms with Gasteiger partial charge in [0, 0.05) is 24.5 Å². The van der Waals surface area contributed by atoms with Gasteiger partial charge in [-0.3, -0.25) is 4.79 Å². The van der Waals surface area contributed by atoms with Crippen LogP contribution >= 0.6 is 0 Å². The van der Waals surface area contributed by atoms with Crippen LogP contribution in [0.5, 0.6) is 0 Å². The zero-order valence-electron chi connectivity index (χ0n) is 20.2. The molecule has 3 aliphatic rings. The third-order valence-corrected chi connectivity index (χ3v) is 7.16. The van der Waals surface area contributed by atoms with Gasteiger partial charge in [-0.05, 0) is 32.9 Å². The number of hydrogen-bond donors (Lipinski definition) is 9. The molecule has 1 aliphatic carbocycles. The summed E-state index contributed by atoms with van der Waals surface area (Å²) in [6.07, 6.45) is -2.06. The van der Waals surface area contributed by atoms with E-state index >= 15 is 0 Å². The third-order valence-electron chi connectivity index (χ3n) is 7.16. The molecular weight excluding hydrogens is 462 g/mol. The Labute approximate surface area is 205 Å². The van der Waals surface area contributed by atoms with Gasteiger partial charge in [0.2, 0.25) is 6.41 Å². The Bertz CT molecular complexity index is 728. The summed E-state index contributed by atoms with van der Waals surface area (Å²) in [6, 6.07) is -2.39. The van der Waals surface area contributed by atoms with Crippen LogP contribution < -0.4 is 27.4 Å². The number of carbonyl (C=O) groups excluding carboxylic acids is 1. The minimum absolute atomic E-state index is 0.00843. The van der Waals surface area contributed by atoms with Crippen molar-refractivity contribution in [3.05, 3.63) is 11.8 Å². The molecule has 1 saturated heterocycles. The number of hydrogen-bond acceptors (Lipinski definition) is 12. The first-order valence-electron chi connectivity index (χ1n) is 12.1. The Morgan fingerprint density at radius 3 is 2.69 bits per heavy atom. The van der Waals surface area contributed by atoms with Crippen molar-refractivity contribution in [2.45, 2.75) is 80.2 Å². The molecule has 1 saturated carbocycles. The van der Waals surface area contributed by atoms with E-state index in [0.29, 0.717) is 31.7 Å². The van der Waals surface area contributed by atoms with Crippen LogP contribution in [-0.2, 0) is 19.0 Å². The second-order valence-corrected chi connectivity index (χ2v) is 9.81. The van der Waals surface area contributed by atoms with Crippen LogP contribution in [0.3, 0.4) is 0 Å². The van der Waals surface area contributed by atoms with Crippen LogP contribution in [0.4, 0.5) is 0 Å². The standard InChI is InChI=1S/C22H41N5O8/c1-22(32)9-33-21(17(31)20(22)25-2)35-19-14(27-10-29)7-13(24)15(16(19)30)18-12(23)4-3-11(34-18)8-26-5-6-28/h3,10,12-21,25-26,28,30-32H,4-9,23-24H2,1-2H3,(H,27,29). The first-order valence-corrected chi connectivity index (χ1v) is 12.1. The van der Waals surface area contributed by atoms with Crippen molar-refractivity contribution < 1.29 is 39.4 Å². The molecular formula is C22H41N5O8. The summed E-state index contributed by atoms with van der Waals surface area (Å²) in [6.45, 7) is 2.22. The maximum atomic E-state index is 11.4. The van der Waals surface area contributed by atoms with Crippen molar-refractivity contribution in [2.75, 3.05) is 33.4 Å². The van der Waals surface area contributed by atoms with Gasteiger partial charge in [-0.25, -0.2) is 0 Å². The molecule has 11 unspecified atom stereocenters. The van der Waals surface area contributed by atoms with E-state index < -0.39 is 66.4 Å². The minimum Gasteiger partial charge on any atom is -0.492 e. The number of amides is 1. The molecule has 2 heterocycles. The maximum Gasteiger partial charge on any atom is 0.207 e. The number of rotatable bonds is 10. The van der Waals surface area contributed by atoms with Gasteiger partial charge in [-0.15, -0.1) is 0 Å². The highest BCUT2D eigenvalue weighted by Gasteiger charge is 2.53. The van der Waals surface area contributed by atoms with Gasteiger partial charge in [-0.2, -0.15) is 0 Å². The Morgan fingerprint density at radius 2 is 2.03 bits per heavy atom. The molecule has 0 aromatic rings. The summed E-state index contributed by atoms with van der Waals surface area (Å²) >= 11 is 0. The largest absolute Gasteiger partial charge is 0.492 e. The highest BCUT2D eigenvalue weighted by Crippen LogP contribution is 2.36. The molecule has 0 bridgehead atoms. The lowest BCUT2D eigenvalue weighted by atomic mass is 9.72. The Kier molecular flexibility index (Phi) is 9.85. The van der Waals surface area contributed by atoms with E-state index in [-0.39, 0.29) is 19.6 Å². The quantitative estimate of drug-likeness (QED) is 0.103. The predicted octanol–water partition coefficient (Wildman–Crippen LogP) is -4.17. The monoisotopic (exact) mass is 503 g/mol. The van der Waals surface area contributed by atoms with E-state index in [1.165, 1.54) is 6.92 Å². The number of nitrogens with two attached hydrogens (primary N) is 2. The third kappa shape index (κ3) is 6.31. The van der Waals surface area contributed by atoms with Crippen LogP contribution in [0.1, 0.15) is 19.8 Å². The van der Waals surface area contributed by atoms with Gasteiger partial charge in [0.1, 0.15) is 29.7 Å². The number of nitrogens with one attached hydrogen (secondary N) is 3. The average Bonchev–Trinajstić information content (AvgIpc) is 2.80. The molecule has 0 aromatic carbocycles. The SMILES string of the molecule is CNC1C(O)C(OC2C(NC=O)CC(N)C(C3OC(CNCCO)=CCC3N)C2O)OCC1(C)O. The molecule has 202 valence electrons. The van der Waals surface area contributed by atoms with Gasteiger partial charge >= 0.3 is 0 Å². The van der Waals surface area contributed by atoms with Gasteiger partial charge in [0.25, 0.3) is 0 Å².